The second kappa shape index (κ2) is 7.46. The highest BCUT2D eigenvalue weighted by Crippen LogP contribution is 2.22. The van der Waals surface area contributed by atoms with Gasteiger partial charge in [-0.15, -0.1) is 11.3 Å². The Bertz CT molecular complexity index is 437. The van der Waals surface area contributed by atoms with Crippen LogP contribution in [-0.2, 0) is 6.42 Å². The quantitative estimate of drug-likeness (QED) is 0.720. The van der Waals surface area contributed by atoms with Gasteiger partial charge in [-0.1, -0.05) is 12.1 Å². The van der Waals surface area contributed by atoms with Gasteiger partial charge in [-0.05, 0) is 44.5 Å². The van der Waals surface area contributed by atoms with E-state index < -0.39 is 0 Å². The second-order valence-corrected chi connectivity index (χ2v) is 5.47. The van der Waals surface area contributed by atoms with Crippen molar-refractivity contribution in [2.24, 2.45) is 0 Å². The molecule has 2 aromatic rings. The molecule has 0 bridgehead atoms. The number of aliphatic hydroxyl groups is 1. The molecule has 2 N–H and O–H groups in total. The number of hydrogen-bond acceptors (Lipinski definition) is 4. The number of aromatic nitrogens is 1. The lowest BCUT2D eigenvalue weighted by molar-refractivity contribution is 0.283. The molecule has 2 rings (SSSR count). The van der Waals surface area contributed by atoms with Gasteiger partial charge in [0.05, 0.1) is 15.2 Å². The van der Waals surface area contributed by atoms with Crippen molar-refractivity contribution in [3.05, 3.63) is 29.3 Å². The number of aryl methyl sites for hydroxylation is 1. The molecule has 0 radical (unpaired) electrons. The number of unbranched alkanes of at least 4 members (excludes halogenated alkanes) is 1. The summed E-state index contributed by atoms with van der Waals surface area (Å²) >= 11 is 1.80. The van der Waals surface area contributed by atoms with Gasteiger partial charge in [0.25, 0.3) is 0 Å². The fourth-order valence-corrected chi connectivity index (χ4v) is 2.89. The van der Waals surface area contributed by atoms with E-state index in [0.29, 0.717) is 6.61 Å². The zero-order chi connectivity index (χ0) is 12.6. The molecule has 0 amide bonds. The van der Waals surface area contributed by atoms with Crippen molar-refractivity contribution in [2.75, 3.05) is 19.7 Å². The molecule has 0 aliphatic rings. The van der Waals surface area contributed by atoms with Gasteiger partial charge in [-0.25, -0.2) is 4.98 Å². The van der Waals surface area contributed by atoms with Gasteiger partial charge in [0.1, 0.15) is 0 Å². The molecule has 0 fully saturated rings. The molecule has 1 aromatic carbocycles. The summed E-state index contributed by atoms with van der Waals surface area (Å²) in [5.41, 5.74) is 1.12. The van der Waals surface area contributed by atoms with Crippen LogP contribution in [0.4, 0.5) is 0 Å². The van der Waals surface area contributed by atoms with Crippen LogP contribution in [0.5, 0.6) is 0 Å². The van der Waals surface area contributed by atoms with E-state index in [1.807, 2.05) is 6.07 Å². The molecule has 0 unspecified atom stereocenters. The molecule has 0 spiro atoms. The first-order valence-corrected chi connectivity index (χ1v) is 7.38. The number of hydrogen-bond donors (Lipinski definition) is 2. The number of fused-ring (bicyclic) bond motifs is 1. The summed E-state index contributed by atoms with van der Waals surface area (Å²) in [4.78, 5) is 4.62. The smallest absolute Gasteiger partial charge is 0.0939 e. The number of para-hydroxylation sites is 1. The third-order valence-electron chi connectivity index (χ3n) is 2.84. The summed E-state index contributed by atoms with van der Waals surface area (Å²) in [6.45, 7) is 2.33. The van der Waals surface area contributed by atoms with Gasteiger partial charge in [-0.2, -0.15) is 0 Å². The van der Waals surface area contributed by atoms with Crippen molar-refractivity contribution in [3.63, 3.8) is 0 Å². The van der Waals surface area contributed by atoms with Gasteiger partial charge < -0.3 is 10.4 Å². The highest BCUT2D eigenvalue weighted by atomic mass is 32.1. The van der Waals surface area contributed by atoms with Crippen LogP contribution in [0.2, 0.25) is 0 Å². The van der Waals surface area contributed by atoms with E-state index in [-0.39, 0.29) is 0 Å². The average Bonchev–Trinajstić information content (AvgIpc) is 2.80. The van der Waals surface area contributed by atoms with Gasteiger partial charge in [-0.3, -0.25) is 0 Å². The molecular formula is C14H20N2OS. The van der Waals surface area contributed by atoms with Crippen molar-refractivity contribution in [1.29, 1.82) is 0 Å². The number of benzene rings is 1. The molecule has 1 aromatic heterocycles. The van der Waals surface area contributed by atoms with E-state index in [2.05, 4.69) is 28.5 Å². The topological polar surface area (TPSA) is 45.1 Å². The predicted octanol–water partition coefficient (Wildman–Crippen LogP) is 2.59. The maximum atomic E-state index is 8.65. The second-order valence-electron chi connectivity index (χ2n) is 4.36. The van der Waals surface area contributed by atoms with Crippen LogP contribution in [0.1, 0.15) is 24.3 Å². The SMILES string of the molecule is OCCCCNCCCc1nc2ccccc2s1. The summed E-state index contributed by atoms with van der Waals surface area (Å²) in [7, 11) is 0. The Morgan fingerprint density at radius 2 is 1.94 bits per heavy atom. The number of nitrogens with zero attached hydrogens (tertiary/aromatic N) is 1. The van der Waals surface area contributed by atoms with Gasteiger partial charge >= 0.3 is 0 Å². The van der Waals surface area contributed by atoms with Crippen LogP contribution >= 0.6 is 11.3 Å². The standard InChI is InChI=1S/C14H20N2OS/c17-11-4-3-9-15-10-5-8-14-16-12-6-1-2-7-13(12)18-14/h1-2,6-7,15,17H,3-5,8-11H2. The molecule has 98 valence electrons. The van der Waals surface area contributed by atoms with Crippen LogP contribution in [-0.4, -0.2) is 29.8 Å². The Morgan fingerprint density at radius 3 is 2.78 bits per heavy atom. The first-order chi connectivity index (χ1) is 8.90. The molecule has 0 saturated carbocycles. The van der Waals surface area contributed by atoms with E-state index in [9.17, 15) is 0 Å². The first kappa shape index (κ1) is 13.5. The van der Waals surface area contributed by atoms with E-state index in [0.717, 1.165) is 44.3 Å². The monoisotopic (exact) mass is 264 g/mol. The fraction of sp³-hybridized carbons (Fsp3) is 0.500. The van der Waals surface area contributed by atoms with Gasteiger partial charge in [0, 0.05) is 13.0 Å². The lowest BCUT2D eigenvalue weighted by Crippen LogP contribution is -2.17. The molecular weight excluding hydrogens is 244 g/mol. The lowest BCUT2D eigenvalue weighted by Gasteiger charge is -2.02. The normalized spacial score (nSPS) is 11.2. The molecule has 3 nitrogen and oxygen atoms in total. The minimum absolute atomic E-state index is 0.299. The Balaban J connectivity index is 1.67. The zero-order valence-corrected chi connectivity index (χ0v) is 11.4. The van der Waals surface area contributed by atoms with Crippen LogP contribution < -0.4 is 5.32 Å². The molecule has 0 saturated heterocycles. The van der Waals surface area contributed by atoms with E-state index >= 15 is 0 Å². The van der Waals surface area contributed by atoms with Crippen molar-refractivity contribution in [1.82, 2.24) is 10.3 Å². The number of nitrogens with one attached hydrogen (secondary N) is 1. The average molecular weight is 264 g/mol. The maximum absolute atomic E-state index is 8.65. The van der Waals surface area contributed by atoms with E-state index in [1.165, 1.54) is 9.71 Å². The van der Waals surface area contributed by atoms with Crippen molar-refractivity contribution < 1.29 is 5.11 Å². The van der Waals surface area contributed by atoms with Crippen molar-refractivity contribution >= 4 is 21.6 Å². The first-order valence-electron chi connectivity index (χ1n) is 6.56. The van der Waals surface area contributed by atoms with E-state index in [4.69, 9.17) is 5.11 Å². The molecule has 0 atom stereocenters. The summed E-state index contributed by atoms with van der Waals surface area (Å²) in [5.74, 6) is 0. The summed E-state index contributed by atoms with van der Waals surface area (Å²) in [6.07, 6.45) is 4.12. The maximum Gasteiger partial charge on any atom is 0.0939 e. The minimum Gasteiger partial charge on any atom is -0.396 e. The minimum atomic E-state index is 0.299. The third kappa shape index (κ3) is 4.05. The third-order valence-corrected chi connectivity index (χ3v) is 3.94. The van der Waals surface area contributed by atoms with Gasteiger partial charge in [0.2, 0.25) is 0 Å². The van der Waals surface area contributed by atoms with Crippen LogP contribution in [0.3, 0.4) is 0 Å². The molecule has 0 aliphatic carbocycles. The van der Waals surface area contributed by atoms with Crippen LogP contribution in [0, 0.1) is 0 Å². The zero-order valence-electron chi connectivity index (χ0n) is 10.6. The summed E-state index contributed by atoms with van der Waals surface area (Å²) < 4.78 is 1.28. The Morgan fingerprint density at radius 1 is 1.11 bits per heavy atom. The predicted molar refractivity (Wildman–Crippen MR) is 77.1 cm³/mol. The van der Waals surface area contributed by atoms with Crippen molar-refractivity contribution in [2.45, 2.75) is 25.7 Å². The summed E-state index contributed by atoms with van der Waals surface area (Å²) in [5, 5.41) is 13.3. The number of aliphatic hydroxyl groups excluding tert-OH is 1. The van der Waals surface area contributed by atoms with Gasteiger partial charge in [0.15, 0.2) is 0 Å². The Labute approximate surface area is 112 Å². The van der Waals surface area contributed by atoms with E-state index in [1.54, 1.807) is 11.3 Å². The highest BCUT2D eigenvalue weighted by Gasteiger charge is 2.02. The Hall–Kier alpha value is -0.970. The lowest BCUT2D eigenvalue weighted by atomic mass is 10.3. The molecule has 18 heavy (non-hydrogen) atoms. The number of rotatable bonds is 8. The fourth-order valence-electron chi connectivity index (χ4n) is 1.88. The molecule has 1 heterocycles. The largest absolute Gasteiger partial charge is 0.396 e. The highest BCUT2D eigenvalue weighted by molar-refractivity contribution is 7.18. The number of thiazole rings is 1. The molecule has 0 aliphatic heterocycles. The summed E-state index contributed by atoms with van der Waals surface area (Å²) in [6, 6.07) is 8.30. The Kier molecular flexibility index (Phi) is 5.58. The van der Waals surface area contributed by atoms with Crippen molar-refractivity contribution in [3.8, 4) is 0 Å². The van der Waals surface area contributed by atoms with Crippen LogP contribution in [0.15, 0.2) is 24.3 Å². The molecule has 4 heteroatoms. The van der Waals surface area contributed by atoms with Crippen LogP contribution in [0.25, 0.3) is 10.2 Å².